The molecule has 5 nitrogen and oxygen atoms in total. The van der Waals surface area contributed by atoms with Crippen molar-refractivity contribution < 1.29 is 0 Å². The molecule has 5 heteroatoms. The fraction of sp³-hybridized carbons (Fsp3) is 0.455. The second-order valence-electron chi connectivity index (χ2n) is 7.41. The Balaban J connectivity index is 1.48. The van der Waals surface area contributed by atoms with E-state index in [1.807, 2.05) is 18.3 Å². The lowest BCUT2D eigenvalue weighted by Gasteiger charge is -2.38. The van der Waals surface area contributed by atoms with Gasteiger partial charge in [0.05, 0.1) is 17.6 Å². The topological polar surface area (TPSA) is 48.1 Å². The molecule has 1 aliphatic rings. The Kier molecular flexibility index (Phi) is 5.80. The molecule has 1 saturated heterocycles. The van der Waals surface area contributed by atoms with E-state index in [1.54, 1.807) is 0 Å². The Bertz CT molecular complexity index is 803. The predicted molar refractivity (Wildman–Crippen MR) is 110 cm³/mol. The molecule has 0 radical (unpaired) electrons. The largest absolute Gasteiger partial charge is 0.341 e. The molecule has 3 heterocycles. The van der Waals surface area contributed by atoms with Crippen molar-refractivity contribution >= 4 is 11.0 Å². The van der Waals surface area contributed by atoms with Crippen LogP contribution in [-0.2, 0) is 13.0 Å². The summed E-state index contributed by atoms with van der Waals surface area (Å²) in [5, 5.41) is 0. The lowest BCUT2D eigenvalue weighted by Crippen LogP contribution is -2.45. The van der Waals surface area contributed by atoms with Crippen molar-refractivity contribution in [3.63, 3.8) is 0 Å². The van der Waals surface area contributed by atoms with Gasteiger partial charge in [-0.05, 0) is 56.7 Å². The number of para-hydroxylation sites is 2. The molecule has 0 amide bonds. The lowest BCUT2D eigenvalue weighted by atomic mass is 10.0. The van der Waals surface area contributed by atoms with Crippen LogP contribution < -0.4 is 0 Å². The SMILES string of the molecule is CCN1CCC(N(CCc2ccccn2)Cc2nc3ccccc3[nH]2)CC1. The molecule has 1 aromatic carbocycles. The number of nitrogens with zero attached hydrogens (tertiary/aromatic N) is 4. The molecule has 27 heavy (non-hydrogen) atoms. The smallest absolute Gasteiger partial charge is 0.121 e. The quantitative estimate of drug-likeness (QED) is 0.698. The molecule has 142 valence electrons. The van der Waals surface area contributed by atoms with Crippen molar-refractivity contribution in [2.75, 3.05) is 26.2 Å². The van der Waals surface area contributed by atoms with Gasteiger partial charge >= 0.3 is 0 Å². The van der Waals surface area contributed by atoms with Crippen LogP contribution in [0.5, 0.6) is 0 Å². The molecular formula is C22H29N5. The monoisotopic (exact) mass is 363 g/mol. The summed E-state index contributed by atoms with van der Waals surface area (Å²) in [5.41, 5.74) is 3.34. The number of aromatic nitrogens is 3. The first-order valence-corrected chi connectivity index (χ1v) is 10.1. The van der Waals surface area contributed by atoms with Crippen molar-refractivity contribution in [3.8, 4) is 0 Å². The third kappa shape index (κ3) is 4.54. The van der Waals surface area contributed by atoms with E-state index in [2.05, 4.69) is 57.0 Å². The lowest BCUT2D eigenvalue weighted by molar-refractivity contribution is 0.104. The van der Waals surface area contributed by atoms with Crippen LogP contribution in [0.1, 0.15) is 31.3 Å². The maximum atomic E-state index is 4.81. The first-order chi connectivity index (χ1) is 13.3. The summed E-state index contributed by atoms with van der Waals surface area (Å²) >= 11 is 0. The highest BCUT2D eigenvalue weighted by atomic mass is 15.2. The maximum Gasteiger partial charge on any atom is 0.121 e. The minimum Gasteiger partial charge on any atom is -0.341 e. The zero-order chi connectivity index (χ0) is 18.5. The number of imidazole rings is 1. The molecule has 0 saturated carbocycles. The highest BCUT2D eigenvalue weighted by Crippen LogP contribution is 2.20. The van der Waals surface area contributed by atoms with Crippen LogP contribution in [-0.4, -0.2) is 57.0 Å². The van der Waals surface area contributed by atoms with E-state index >= 15 is 0 Å². The Morgan fingerprint density at radius 2 is 1.93 bits per heavy atom. The molecule has 0 aliphatic carbocycles. The Labute approximate surface area is 161 Å². The zero-order valence-electron chi connectivity index (χ0n) is 16.1. The highest BCUT2D eigenvalue weighted by Gasteiger charge is 2.24. The van der Waals surface area contributed by atoms with Crippen LogP contribution in [0.25, 0.3) is 11.0 Å². The maximum absolute atomic E-state index is 4.81. The van der Waals surface area contributed by atoms with Crippen LogP contribution in [0.15, 0.2) is 48.7 Å². The summed E-state index contributed by atoms with van der Waals surface area (Å²) < 4.78 is 0. The van der Waals surface area contributed by atoms with E-state index < -0.39 is 0 Å². The summed E-state index contributed by atoms with van der Waals surface area (Å²) in [6.07, 6.45) is 5.33. The van der Waals surface area contributed by atoms with Gasteiger partial charge in [-0.25, -0.2) is 4.98 Å². The molecular weight excluding hydrogens is 334 g/mol. The zero-order valence-corrected chi connectivity index (χ0v) is 16.1. The summed E-state index contributed by atoms with van der Waals surface area (Å²) in [7, 11) is 0. The third-order valence-electron chi connectivity index (χ3n) is 5.69. The molecule has 0 atom stereocenters. The van der Waals surface area contributed by atoms with Crippen LogP contribution in [0.3, 0.4) is 0 Å². The van der Waals surface area contributed by atoms with Gasteiger partial charge in [0, 0.05) is 30.9 Å². The number of nitrogens with one attached hydrogen (secondary N) is 1. The van der Waals surface area contributed by atoms with E-state index in [9.17, 15) is 0 Å². The summed E-state index contributed by atoms with van der Waals surface area (Å²) in [4.78, 5) is 18.0. The molecule has 4 rings (SSSR count). The van der Waals surface area contributed by atoms with Gasteiger partial charge in [0.25, 0.3) is 0 Å². The van der Waals surface area contributed by atoms with E-state index in [0.717, 1.165) is 48.6 Å². The van der Waals surface area contributed by atoms with Crippen LogP contribution >= 0.6 is 0 Å². The van der Waals surface area contributed by atoms with Crippen molar-refractivity contribution in [2.24, 2.45) is 0 Å². The van der Waals surface area contributed by atoms with Crippen LogP contribution in [0, 0.1) is 0 Å². The average Bonchev–Trinajstić information content (AvgIpc) is 3.14. The Morgan fingerprint density at radius 3 is 2.67 bits per heavy atom. The number of hydrogen-bond acceptors (Lipinski definition) is 4. The number of fused-ring (bicyclic) bond motifs is 1. The highest BCUT2D eigenvalue weighted by molar-refractivity contribution is 5.74. The first kappa shape index (κ1) is 18.1. The number of benzene rings is 1. The van der Waals surface area contributed by atoms with Gasteiger partial charge in [0.2, 0.25) is 0 Å². The van der Waals surface area contributed by atoms with E-state index in [-0.39, 0.29) is 0 Å². The number of pyridine rings is 1. The molecule has 1 fully saturated rings. The van der Waals surface area contributed by atoms with Gasteiger partial charge in [-0.15, -0.1) is 0 Å². The third-order valence-corrected chi connectivity index (χ3v) is 5.69. The molecule has 2 aromatic heterocycles. The number of aromatic amines is 1. The van der Waals surface area contributed by atoms with Crippen molar-refractivity contribution in [3.05, 3.63) is 60.2 Å². The standard InChI is InChI=1S/C22H29N5/c1-2-26-14-11-19(12-15-26)27(16-10-18-7-5-6-13-23-18)17-22-24-20-8-3-4-9-21(20)25-22/h3-9,13,19H,2,10-12,14-17H2,1H3,(H,24,25). The molecule has 1 aliphatic heterocycles. The molecule has 3 aromatic rings. The summed E-state index contributed by atoms with van der Waals surface area (Å²) in [5.74, 6) is 1.06. The second kappa shape index (κ2) is 8.63. The normalized spacial score (nSPS) is 16.4. The number of likely N-dealkylation sites (tertiary alicyclic amines) is 1. The average molecular weight is 364 g/mol. The fourth-order valence-electron chi connectivity index (χ4n) is 4.07. The number of piperidine rings is 1. The molecule has 1 N–H and O–H groups in total. The van der Waals surface area contributed by atoms with Crippen LogP contribution in [0.4, 0.5) is 0 Å². The number of hydrogen-bond donors (Lipinski definition) is 1. The van der Waals surface area contributed by atoms with E-state index in [1.165, 1.54) is 25.9 Å². The fourth-order valence-corrected chi connectivity index (χ4v) is 4.07. The second-order valence-corrected chi connectivity index (χ2v) is 7.41. The van der Waals surface area contributed by atoms with Crippen molar-refractivity contribution in [1.29, 1.82) is 0 Å². The predicted octanol–water partition coefficient (Wildman–Crippen LogP) is 3.49. The molecule has 0 bridgehead atoms. The summed E-state index contributed by atoms with van der Waals surface area (Å²) in [6, 6.07) is 15.1. The summed E-state index contributed by atoms with van der Waals surface area (Å²) in [6.45, 7) is 7.70. The number of H-pyrrole nitrogens is 1. The minimum atomic E-state index is 0.615. The van der Waals surface area contributed by atoms with Gasteiger partial charge in [0.15, 0.2) is 0 Å². The van der Waals surface area contributed by atoms with Gasteiger partial charge in [-0.3, -0.25) is 9.88 Å². The van der Waals surface area contributed by atoms with Gasteiger partial charge in [0.1, 0.15) is 5.82 Å². The van der Waals surface area contributed by atoms with Crippen molar-refractivity contribution in [1.82, 2.24) is 24.8 Å². The Hall–Kier alpha value is -2.24. The Morgan fingerprint density at radius 1 is 1.11 bits per heavy atom. The first-order valence-electron chi connectivity index (χ1n) is 10.1. The van der Waals surface area contributed by atoms with E-state index in [4.69, 9.17) is 4.98 Å². The molecule has 0 spiro atoms. The minimum absolute atomic E-state index is 0.615. The van der Waals surface area contributed by atoms with Gasteiger partial charge < -0.3 is 9.88 Å². The molecule has 0 unspecified atom stereocenters. The van der Waals surface area contributed by atoms with Crippen molar-refractivity contribution in [2.45, 2.75) is 38.8 Å². The van der Waals surface area contributed by atoms with Crippen LogP contribution in [0.2, 0.25) is 0 Å². The number of rotatable bonds is 7. The van der Waals surface area contributed by atoms with Gasteiger partial charge in [-0.2, -0.15) is 0 Å². The van der Waals surface area contributed by atoms with Gasteiger partial charge in [-0.1, -0.05) is 25.1 Å². The van der Waals surface area contributed by atoms with E-state index in [0.29, 0.717) is 6.04 Å².